The lowest BCUT2D eigenvalue weighted by molar-refractivity contribution is 0.406. The second-order valence-corrected chi connectivity index (χ2v) is 1.05. The molecule has 0 amide bonds. The molecule has 1 radical (unpaired) electrons. The minimum Gasteiger partial charge on any atom is -0.474 e. The van der Waals surface area contributed by atoms with Crippen LogP contribution in [0, 0.1) is 6.92 Å². The van der Waals surface area contributed by atoms with Crippen molar-refractivity contribution in [3.8, 4) is 0 Å². The van der Waals surface area contributed by atoms with Crippen molar-refractivity contribution >= 4 is 0 Å². The maximum atomic E-state index is 4.36. The zero-order chi connectivity index (χ0) is 7.54. The van der Waals surface area contributed by atoms with Crippen LogP contribution in [0.15, 0.2) is 38.3 Å². The summed E-state index contributed by atoms with van der Waals surface area (Å²) in [5.41, 5.74) is 0. The van der Waals surface area contributed by atoms with Crippen molar-refractivity contribution in [2.75, 3.05) is 0 Å². The van der Waals surface area contributed by atoms with Crippen LogP contribution in [0.2, 0.25) is 0 Å². The maximum Gasteiger partial charge on any atom is 0.0829 e. The van der Waals surface area contributed by atoms with E-state index in [1.165, 1.54) is 12.5 Å². The van der Waals surface area contributed by atoms with Gasteiger partial charge in [-0.05, 0) is 13.3 Å². The molecule has 0 aliphatic carbocycles. The molecule has 0 spiro atoms. The third kappa shape index (κ3) is 43.4. The molecule has 0 saturated heterocycles. The molecule has 0 atom stereocenters. The Balaban J connectivity index is 0. The standard InChI is InChI=1S/C4H6O.C4H7/c1-3-5-4-2;1-3-4-2/h3-4H,1-2H2;3H,1-2,4H2. The SMILES string of the molecule is C=COC=C.[CH2]CC=C. The van der Waals surface area contributed by atoms with Crippen LogP contribution in [-0.4, -0.2) is 0 Å². The van der Waals surface area contributed by atoms with E-state index in [9.17, 15) is 0 Å². The Morgan fingerprint density at radius 3 is 1.44 bits per heavy atom. The highest BCUT2D eigenvalue weighted by Crippen LogP contribution is 1.66. The third-order valence-corrected chi connectivity index (χ3v) is 0.397. The summed E-state index contributed by atoms with van der Waals surface area (Å²) in [5.74, 6) is 0. The van der Waals surface area contributed by atoms with Crippen LogP contribution in [0.1, 0.15) is 6.42 Å². The first-order valence-corrected chi connectivity index (χ1v) is 2.60. The Labute approximate surface area is 57.3 Å². The van der Waals surface area contributed by atoms with Gasteiger partial charge < -0.3 is 4.74 Å². The minimum absolute atomic E-state index is 0.833. The molecule has 0 aromatic rings. The molecule has 0 saturated carbocycles. The van der Waals surface area contributed by atoms with Gasteiger partial charge in [0.1, 0.15) is 0 Å². The van der Waals surface area contributed by atoms with Crippen LogP contribution in [0.3, 0.4) is 0 Å². The Hall–Kier alpha value is -0.980. The van der Waals surface area contributed by atoms with Crippen LogP contribution in [0.25, 0.3) is 0 Å². The molecule has 9 heavy (non-hydrogen) atoms. The molecule has 1 heteroatoms. The lowest BCUT2D eigenvalue weighted by atomic mass is 10.5. The van der Waals surface area contributed by atoms with Gasteiger partial charge in [-0.3, -0.25) is 0 Å². The van der Waals surface area contributed by atoms with E-state index in [-0.39, 0.29) is 0 Å². The number of rotatable bonds is 3. The maximum absolute atomic E-state index is 4.36. The van der Waals surface area contributed by atoms with Crippen LogP contribution >= 0.6 is 0 Å². The van der Waals surface area contributed by atoms with Gasteiger partial charge >= 0.3 is 0 Å². The van der Waals surface area contributed by atoms with E-state index in [0.717, 1.165) is 6.42 Å². The molecule has 1 nitrogen and oxygen atoms in total. The average Bonchev–Trinajstić information content (AvgIpc) is 1.91. The number of ether oxygens (including phenoxy) is 1. The Morgan fingerprint density at radius 1 is 1.11 bits per heavy atom. The van der Waals surface area contributed by atoms with Crippen molar-refractivity contribution in [2.45, 2.75) is 6.42 Å². The van der Waals surface area contributed by atoms with Crippen molar-refractivity contribution in [1.82, 2.24) is 0 Å². The summed E-state index contributed by atoms with van der Waals surface area (Å²) in [4.78, 5) is 0. The first kappa shape index (κ1) is 10.9. The van der Waals surface area contributed by atoms with Crippen molar-refractivity contribution in [3.63, 3.8) is 0 Å². The topological polar surface area (TPSA) is 9.23 Å². The zero-order valence-electron chi connectivity index (χ0n) is 5.68. The van der Waals surface area contributed by atoms with Gasteiger partial charge in [-0.2, -0.15) is 0 Å². The fraction of sp³-hybridized carbons (Fsp3) is 0.125. The Bertz CT molecular complexity index is 68.6. The van der Waals surface area contributed by atoms with E-state index in [1.54, 1.807) is 6.08 Å². The van der Waals surface area contributed by atoms with Gasteiger partial charge in [0.2, 0.25) is 0 Å². The highest BCUT2D eigenvalue weighted by atomic mass is 16.5. The Kier molecular flexibility index (Phi) is 19.1. The van der Waals surface area contributed by atoms with Gasteiger partial charge in [0.15, 0.2) is 0 Å². The minimum atomic E-state index is 0.833. The van der Waals surface area contributed by atoms with Crippen molar-refractivity contribution in [1.29, 1.82) is 0 Å². The lowest BCUT2D eigenvalue weighted by Gasteiger charge is -1.76. The first-order valence-electron chi connectivity index (χ1n) is 2.60. The second kappa shape index (κ2) is 15.7. The predicted molar refractivity (Wildman–Crippen MR) is 41.7 cm³/mol. The number of hydrogen-bond donors (Lipinski definition) is 0. The van der Waals surface area contributed by atoms with Crippen molar-refractivity contribution in [3.05, 3.63) is 45.3 Å². The third-order valence-electron chi connectivity index (χ3n) is 0.397. The summed E-state index contributed by atoms with van der Waals surface area (Å²) in [5, 5.41) is 0. The quantitative estimate of drug-likeness (QED) is 0.416. The van der Waals surface area contributed by atoms with Gasteiger partial charge in [-0.15, -0.1) is 6.58 Å². The van der Waals surface area contributed by atoms with Crippen LogP contribution in [-0.2, 0) is 4.74 Å². The van der Waals surface area contributed by atoms with Crippen molar-refractivity contribution < 1.29 is 4.74 Å². The fourth-order valence-corrected chi connectivity index (χ4v) is 0.0680. The Morgan fingerprint density at radius 2 is 1.44 bits per heavy atom. The molecule has 0 unspecified atom stereocenters. The monoisotopic (exact) mass is 125 g/mol. The average molecular weight is 125 g/mol. The molecule has 0 fully saturated rings. The van der Waals surface area contributed by atoms with Gasteiger partial charge in [0.05, 0.1) is 12.5 Å². The first-order chi connectivity index (χ1) is 4.33. The zero-order valence-corrected chi connectivity index (χ0v) is 5.68. The molecular formula is C8H13O. The second-order valence-electron chi connectivity index (χ2n) is 1.05. The summed E-state index contributed by atoms with van der Waals surface area (Å²) in [7, 11) is 0. The largest absolute Gasteiger partial charge is 0.474 e. The van der Waals surface area contributed by atoms with Gasteiger partial charge in [-0.1, -0.05) is 19.2 Å². The lowest BCUT2D eigenvalue weighted by Crippen LogP contribution is -1.52. The van der Waals surface area contributed by atoms with E-state index in [2.05, 4.69) is 31.4 Å². The summed E-state index contributed by atoms with van der Waals surface area (Å²) >= 11 is 0. The van der Waals surface area contributed by atoms with E-state index in [1.807, 2.05) is 0 Å². The summed E-state index contributed by atoms with van der Waals surface area (Å²) in [6.07, 6.45) is 5.22. The van der Waals surface area contributed by atoms with Gasteiger partial charge in [0, 0.05) is 0 Å². The number of allylic oxidation sites excluding steroid dienone is 1. The highest BCUT2D eigenvalue weighted by Gasteiger charge is 1.46. The van der Waals surface area contributed by atoms with E-state index in [4.69, 9.17) is 0 Å². The summed E-state index contributed by atoms with van der Waals surface area (Å²) < 4.78 is 4.36. The summed E-state index contributed by atoms with van der Waals surface area (Å²) in [6, 6.07) is 0. The molecule has 0 bridgehead atoms. The molecule has 0 aliphatic heterocycles. The van der Waals surface area contributed by atoms with Gasteiger partial charge in [0.25, 0.3) is 0 Å². The van der Waals surface area contributed by atoms with Crippen LogP contribution < -0.4 is 0 Å². The molecule has 0 heterocycles. The van der Waals surface area contributed by atoms with Crippen LogP contribution in [0.5, 0.6) is 0 Å². The molecule has 0 rings (SSSR count). The molecule has 0 aromatic heterocycles. The molecule has 0 aromatic carbocycles. The number of hydrogen-bond acceptors (Lipinski definition) is 1. The van der Waals surface area contributed by atoms with E-state index in [0.29, 0.717) is 0 Å². The van der Waals surface area contributed by atoms with E-state index < -0.39 is 0 Å². The summed E-state index contributed by atoms with van der Waals surface area (Å²) in [6.45, 7) is 13.4. The van der Waals surface area contributed by atoms with E-state index >= 15 is 0 Å². The van der Waals surface area contributed by atoms with Gasteiger partial charge in [-0.25, -0.2) is 0 Å². The highest BCUT2D eigenvalue weighted by molar-refractivity contribution is 4.65. The fourth-order valence-electron chi connectivity index (χ4n) is 0.0680. The van der Waals surface area contributed by atoms with Crippen molar-refractivity contribution in [2.24, 2.45) is 0 Å². The molecular weight excluding hydrogens is 112 g/mol. The molecule has 51 valence electrons. The molecule has 0 aliphatic rings. The normalized spacial score (nSPS) is 5.89. The predicted octanol–water partition coefficient (Wildman–Crippen LogP) is 2.69. The van der Waals surface area contributed by atoms with Crippen LogP contribution in [0.4, 0.5) is 0 Å². The smallest absolute Gasteiger partial charge is 0.0829 e. The molecule has 0 N–H and O–H groups in total.